The average molecular weight is 335 g/mol. The second-order valence-electron chi connectivity index (χ2n) is 5.82. The van der Waals surface area contributed by atoms with Gasteiger partial charge in [-0.3, -0.25) is 4.79 Å². The van der Waals surface area contributed by atoms with Crippen LogP contribution in [0.15, 0.2) is 18.2 Å². The summed E-state index contributed by atoms with van der Waals surface area (Å²) >= 11 is 0. The molecule has 1 heterocycles. The Bertz CT molecular complexity index is 659. The summed E-state index contributed by atoms with van der Waals surface area (Å²) in [7, 11) is 4.89. The lowest BCUT2D eigenvalue weighted by molar-refractivity contribution is -0.141. The highest BCUT2D eigenvalue weighted by atomic mass is 16.5. The first-order chi connectivity index (χ1) is 11.3. The minimum atomic E-state index is -0.887. The molecular formula is C16H21N3O5. The number of hydrogen-bond acceptors (Lipinski definition) is 5. The number of likely N-dealkylation sites (tertiary alicyclic amines) is 1. The minimum absolute atomic E-state index is 0.193. The van der Waals surface area contributed by atoms with E-state index in [2.05, 4.69) is 5.32 Å². The summed E-state index contributed by atoms with van der Waals surface area (Å²) in [5, 5.41) is 11.8. The topological polar surface area (TPSA) is 99.2 Å². The normalized spacial score (nSPS) is 16.6. The van der Waals surface area contributed by atoms with Gasteiger partial charge in [0.1, 0.15) is 0 Å². The summed E-state index contributed by atoms with van der Waals surface area (Å²) in [6.45, 7) is 0.596. The molecule has 0 radical (unpaired) electrons. The monoisotopic (exact) mass is 335 g/mol. The molecule has 0 saturated carbocycles. The van der Waals surface area contributed by atoms with Crippen molar-refractivity contribution < 1.29 is 24.2 Å². The molecular weight excluding hydrogens is 314 g/mol. The number of hydrogen-bond donors (Lipinski definition) is 2. The van der Waals surface area contributed by atoms with Crippen molar-refractivity contribution in [2.45, 2.75) is 6.42 Å². The highest BCUT2D eigenvalue weighted by Gasteiger charge is 2.31. The number of benzene rings is 1. The van der Waals surface area contributed by atoms with Crippen LogP contribution >= 0.6 is 0 Å². The molecule has 1 atom stereocenters. The SMILES string of the molecule is COC(=O)c1ccc(NC(=O)N2CCC(C(=O)O)C2)c(N(C)C)c1. The Kier molecular flexibility index (Phi) is 5.28. The predicted molar refractivity (Wildman–Crippen MR) is 88.4 cm³/mol. The van der Waals surface area contributed by atoms with E-state index in [9.17, 15) is 14.4 Å². The Morgan fingerprint density at radius 1 is 1.33 bits per heavy atom. The van der Waals surface area contributed by atoms with Crippen molar-refractivity contribution in [3.05, 3.63) is 23.8 Å². The van der Waals surface area contributed by atoms with Gasteiger partial charge in [-0.2, -0.15) is 0 Å². The van der Waals surface area contributed by atoms with Gasteiger partial charge in [0.15, 0.2) is 0 Å². The Balaban J connectivity index is 2.15. The maximum atomic E-state index is 12.3. The zero-order valence-electron chi connectivity index (χ0n) is 13.9. The van der Waals surface area contributed by atoms with Crippen LogP contribution in [-0.2, 0) is 9.53 Å². The third kappa shape index (κ3) is 3.76. The Hall–Kier alpha value is -2.77. The molecule has 8 nitrogen and oxygen atoms in total. The molecule has 24 heavy (non-hydrogen) atoms. The number of rotatable bonds is 4. The van der Waals surface area contributed by atoms with Crippen molar-refractivity contribution in [3.63, 3.8) is 0 Å². The first kappa shape index (κ1) is 17.6. The van der Waals surface area contributed by atoms with Crippen LogP contribution in [0, 0.1) is 5.92 Å². The number of ether oxygens (including phenoxy) is 1. The van der Waals surface area contributed by atoms with Crippen LogP contribution in [0.2, 0.25) is 0 Å². The first-order valence-electron chi connectivity index (χ1n) is 7.52. The molecule has 0 aromatic heterocycles. The van der Waals surface area contributed by atoms with E-state index in [1.807, 2.05) is 0 Å². The third-order valence-electron chi connectivity index (χ3n) is 3.97. The van der Waals surface area contributed by atoms with E-state index in [4.69, 9.17) is 9.84 Å². The summed E-state index contributed by atoms with van der Waals surface area (Å²) < 4.78 is 4.70. The number of carbonyl (C=O) groups is 3. The van der Waals surface area contributed by atoms with Gasteiger partial charge >= 0.3 is 18.0 Å². The van der Waals surface area contributed by atoms with Crippen molar-refractivity contribution in [3.8, 4) is 0 Å². The molecule has 0 aliphatic carbocycles. The second-order valence-corrected chi connectivity index (χ2v) is 5.82. The molecule has 1 aromatic rings. The number of methoxy groups -OCH3 is 1. The van der Waals surface area contributed by atoms with Gasteiger partial charge in [0.2, 0.25) is 0 Å². The number of carboxylic acid groups (broad SMARTS) is 1. The van der Waals surface area contributed by atoms with Gasteiger partial charge in [-0.15, -0.1) is 0 Å². The second kappa shape index (κ2) is 7.20. The minimum Gasteiger partial charge on any atom is -0.481 e. The molecule has 2 amide bonds. The van der Waals surface area contributed by atoms with Crippen LogP contribution in [0.3, 0.4) is 0 Å². The number of carbonyl (C=O) groups excluding carboxylic acids is 2. The molecule has 130 valence electrons. The van der Waals surface area contributed by atoms with Gasteiger partial charge in [0.25, 0.3) is 0 Å². The maximum Gasteiger partial charge on any atom is 0.337 e. The summed E-state index contributed by atoms with van der Waals surface area (Å²) in [6, 6.07) is 4.47. The third-order valence-corrected chi connectivity index (χ3v) is 3.97. The quantitative estimate of drug-likeness (QED) is 0.809. The molecule has 1 fully saturated rings. The highest BCUT2D eigenvalue weighted by molar-refractivity contribution is 5.97. The van der Waals surface area contributed by atoms with E-state index in [1.165, 1.54) is 12.0 Å². The summed E-state index contributed by atoms with van der Waals surface area (Å²) in [6.07, 6.45) is 0.449. The smallest absolute Gasteiger partial charge is 0.337 e. The van der Waals surface area contributed by atoms with Crippen LogP contribution in [0.25, 0.3) is 0 Å². The molecule has 2 rings (SSSR count). The van der Waals surface area contributed by atoms with Crippen molar-refractivity contribution in [2.24, 2.45) is 5.92 Å². The molecule has 0 bridgehead atoms. The van der Waals surface area contributed by atoms with Gasteiger partial charge in [0.05, 0.1) is 30.0 Å². The highest BCUT2D eigenvalue weighted by Crippen LogP contribution is 2.27. The zero-order valence-corrected chi connectivity index (χ0v) is 13.9. The van der Waals surface area contributed by atoms with E-state index in [-0.39, 0.29) is 12.6 Å². The van der Waals surface area contributed by atoms with Gasteiger partial charge in [0, 0.05) is 27.2 Å². The molecule has 1 aromatic carbocycles. The van der Waals surface area contributed by atoms with E-state index < -0.39 is 17.9 Å². The number of esters is 1. The number of urea groups is 1. The molecule has 1 saturated heterocycles. The fourth-order valence-electron chi connectivity index (χ4n) is 2.59. The Morgan fingerprint density at radius 2 is 2.04 bits per heavy atom. The fourth-order valence-corrected chi connectivity index (χ4v) is 2.59. The van der Waals surface area contributed by atoms with E-state index in [0.717, 1.165) is 0 Å². The van der Waals surface area contributed by atoms with E-state index in [0.29, 0.717) is 29.9 Å². The molecule has 2 N–H and O–H groups in total. The van der Waals surface area contributed by atoms with Crippen LogP contribution in [0.4, 0.5) is 16.2 Å². The van der Waals surface area contributed by atoms with E-state index in [1.54, 1.807) is 37.2 Å². The summed E-state index contributed by atoms with van der Waals surface area (Å²) in [5.74, 6) is -1.87. The largest absolute Gasteiger partial charge is 0.481 e. The van der Waals surface area contributed by atoms with Gasteiger partial charge in [-0.25, -0.2) is 9.59 Å². The zero-order chi connectivity index (χ0) is 17.9. The number of amides is 2. The molecule has 1 aliphatic rings. The van der Waals surface area contributed by atoms with Gasteiger partial charge in [-0.1, -0.05) is 0 Å². The van der Waals surface area contributed by atoms with Crippen molar-refractivity contribution in [1.82, 2.24) is 4.90 Å². The van der Waals surface area contributed by atoms with Crippen LogP contribution in [0.1, 0.15) is 16.8 Å². The van der Waals surface area contributed by atoms with Crippen molar-refractivity contribution >= 4 is 29.3 Å². The molecule has 8 heteroatoms. The van der Waals surface area contributed by atoms with Gasteiger partial charge < -0.3 is 25.0 Å². The summed E-state index contributed by atoms with van der Waals surface area (Å²) in [4.78, 5) is 38.2. The number of aliphatic carboxylic acids is 1. The van der Waals surface area contributed by atoms with Crippen LogP contribution in [0.5, 0.6) is 0 Å². The summed E-state index contributed by atoms with van der Waals surface area (Å²) in [5.41, 5.74) is 1.57. The number of anilines is 2. The molecule has 1 aliphatic heterocycles. The lowest BCUT2D eigenvalue weighted by Gasteiger charge is -2.22. The molecule has 1 unspecified atom stereocenters. The fraction of sp³-hybridized carbons (Fsp3) is 0.438. The first-order valence-corrected chi connectivity index (χ1v) is 7.52. The number of nitrogens with zero attached hydrogens (tertiary/aromatic N) is 2. The Labute approximate surface area is 140 Å². The van der Waals surface area contributed by atoms with Crippen molar-refractivity contribution in [1.29, 1.82) is 0 Å². The van der Waals surface area contributed by atoms with Crippen LogP contribution in [-0.4, -0.2) is 62.3 Å². The Morgan fingerprint density at radius 3 is 2.58 bits per heavy atom. The van der Waals surface area contributed by atoms with Crippen molar-refractivity contribution in [2.75, 3.05) is 44.5 Å². The van der Waals surface area contributed by atoms with Gasteiger partial charge in [-0.05, 0) is 24.6 Å². The predicted octanol–water partition coefficient (Wildman–Crippen LogP) is 1.48. The maximum absolute atomic E-state index is 12.3. The number of nitrogens with one attached hydrogen (secondary N) is 1. The van der Waals surface area contributed by atoms with Crippen LogP contribution < -0.4 is 10.2 Å². The standard InChI is InChI=1S/C16H21N3O5/c1-18(2)13-8-10(15(22)24-3)4-5-12(13)17-16(23)19-7-6-11(9-19)14(20)21/h4-5,8,11H,6-7,9H2,1-3H3,(H,17,23)(H,20,21). The average Bonchev–Trinajstić information content (AvgIpc) is 3.04. The lowest BCUT2D eigenvalue weighted by atomic mass is 10.1. The lowest BCUT2D eigenvalue weighted by Crippen LogP contribution is -2.34. The number of carboxylic acids is 1. The van der Waals surface area contributed by atoms with E-state index >= 15 is 0 Å². The molecule has 0 spiro atoms.